The summed E-state index contributed by atoms with van der Waals surface area (Å²) in [6.45, 7) is 0. The molecular weight excluding hydrogens is 359 g/mol. The van der Waals surface area contributed by atoms with Crippen molar-refractivity contribution in [3.8, 4) is 5.75 Å². The van der Waals surface area contributed by atoms with Crippen LogP contribution >= 0.6 is 24.0 Å². The van der Waals surface area contributed by atoms with E-state index in [1.807, 2.05) is 49.5 Å². The maximum Gasteiger partial charge on any atom is 0.414 e. The highest BCUT2D eigenvalue weighted by atomic mass is 35.5. The average molecular weight is 383 g/mol. The van der Waals surface area contributed by atoms with E-state index in [1.54, 1.807) is 20.2 Å². The Balaban J connectivity index is 0.00000312. The fourth-order valence-electron chi connectivity index (χ4n) is 2.43. The predicted molar refractivity (Wildman–Crippen MR) is 105 cm³/mol. The number of rotatable bonds is 6. The summed E-state index contributed by atoms with van der Waals surface area (Å²) in [5.41, 5.74) is 2.34. The van der Waals surface area contributed by atoms with Gasteiger partial charge in [0, 0.05) is 25.2 Å². The lowest BCUT2D eigenvalue weighted by Crippen LogP contribution is -2.25. The van der Waals surface area contributed by atoms with Gasteiger partial charge in [0.25, 0.3) is 0 Å². The largest absolute Gasteiger partial charge is 0.414 e. The number of benzene rings is 2. The van der Waals surface area contributed by atoms with Gasteiger partial charge in [0.05, 0.1) is 0 Å². The second-order valence-electron chi connectivity index (χ2n) is 5.84. The Morgan fingerprint density at radius 1 is 1.20 bits per heavy atom. The van der Waals surface area contributed by atoms with E-state index < -0.39 is 0 Å². The van der Waals surface area contributed by atoms with Gasteiger partial charge in [-0.3, -0.25) is 0 Å². The highest BCUT2D eigenvalue weighted by molar-refractivity contribution is 6.30. The second kappa shape index (κ2) is 10.3. The molecule has 4 nitrogen and oxygen atoms in total. The Morgan fingerprint density at radius 2 is 1.88 bits per heavy atom. The van der Waals surface area contributed by atoms with E-state index >= 15 is 0 Å². The molecule has 1 amide bonds. The number of hydrogen-bond acceptors (Lipinski definition) is 3. The molecule has 0 saturated heterocycles. The Labute approximate surface area is 160 Å². The maximum absolute atomic E-state index is 11.7. The van der Waals surface area contributed by atoms with Crippen LogP contribution in [0.5, 0.6) is 5.75 Å². The van der Waals surface area contributed by atoms with Crippen molar-refractivity contribution >= 4 is 30.1 Å². The maximum atomic E-state index is 11.7. The zero-order valence-corrected chi connectivity index (χ0v) is 16.2. The van der Waals surface area contributed by atoms with Gasteiger partial charge in [-0.05, 0) is 55.3 Å². The van der Waals surface area contributed by atoms with Crippen LogP contribution in [0.1, 0.15) is 23.6 Å². The monoisotopic (exact) mass is 382 g/mol. The molecule has 0 fully saturated rings. The SMILES string of the molecule is CNC(CCc1ccc(Cl)cc1)c1cccc(OC(=O)N(C)C)c1.Cl. The number of nitrogens with one attached hydrogen (secondary N) is 1. The van der Waals surface area contributed by atoms with E-state index in [2.05, 4.69) is 5.32 Å². The molecule has 2 aromatic carbocycles. The van der Waals surface area contributed by atoms with E-state index in [4.69, 9.17) is 16.3 Å². The minimum absolute atomic E-state index is 0. The van der Waals surface area contributed by atoms with E-state index in [0.29, 0.717) is 5.75 Å². The Hall–Kier alpha value is -1.75. The standard InChI is InChI=1S/C19H23ClN2O2.ClH/c1-21-18(12-9-14-7-10-16(20)11-8-14)15-5-4-6-17(13-15)24-19(23)22(2)3;/h4-8,10-11,13,18,21H,9,12H2,1-3H3;1H. The fourth-order valence-corrected chi connectivity index (χ4v) is 2.55. The molecule has 1 N–H and O–H groups in total. The molecule has 0 aliphatic heterocycles. The van der Waals surface area contributed by atoms with Crippen LogP contribution < -0.4 is 10.1 Å². The third-order valence-corrected chi connectivity index (χ3v) is 4.07. The topological polar surface area (TPSA) is 41.6 Å². The van der Waals surface area contributed by atoms with E-state index in [0.717, 1.165) is 23.4 Å². The first kappa shape index (κ1) is 21.3. The minimum atomic E-state index is -0.380. The average Bonchev–Trinajstić information content (AvgIpc) is 2.57. The van der Waals surface area contributed by atoms with Gasteiger partial charge in [-0.1, -0.05) is 35.9 Å². The van der Waals surface area contributed by atoms with Crippen LogP contribution in [0.4, 0.5) is 4.79 Å². The van der Waals surface area contributed by atoms with Crippen LogP contribution in [0.25, 0.3) is 0 Å². The first-order valence-corrected chi connectivity index (χ1v) is 8.28. The number of carbonyl (C=O) groups is 1. The van der Waals surface area contributed by atoms with Crippen molar-refractivity contribution in [3.05, 3.63) is 64.7 Å². The second-order valence-corrected chi connectivity index (χ2v) is 6.28. The molecule has 1 unspecified atom stereocenters. The number of aryl methyl sites for hydroxylation is 1. The van der Waals surface area contributed by atoms with Crippen molar-refractivity contribution in [1.29, 1.82) is 0 Å². The number of nitrogens with zero attached hydrogens (tertiary/aromatic N) is 1. The molecule has 2 rings (SSSR count). The molecule has 0 saturated carbocycles. The molecule has 0 aliphatic rings. The highest BCUT2D eigenvalue weighted by Gasteiger charge is 2.12. The summed E-state index contributed by atoms with van der Waals surface area (Å²) in [7, 11) is 5.26. The van der Waals surface area contributed by atoms with Gasteiger partial charge in [0.2, 0.25) is 0 Å². The van der Waals surface area contributed by atoms with Crippen molar-refractivity contribution in [1.82, 2.24) is 10.2 Å². The van der Waals surface area contributed by atoms with Gasteiger partial charge in [0.15, 0.2) is 0 Å². The van der Waals surface area contributed by atoms with Crippen molar-refractivity contribution in [3.63, 3.8) is 0 Å². The van der Waals surface area contributed by atoms with Gasteiger partial charge in [-0.25, -0.2) is 4.79 Å². The van der Waals surface area contributed by atoms with E-state index in [9.17, 15) is 4.79 Å². The Bertz CT molecular complexity index is 675. The van der Waals surface area contributed by atoms with Crippen LogP contribution in [0.3, 0.4) is 0 Å². The quantitative estimate of drug-likeness (QED) is 0.785. The van der Waals surface area contributed by atoms with Crippen LogP contribution in [-0.2, 0) is 6.42 Å². The van der Waals surface area contributed by atoms with Crippen LogP contribution in [0.15, 0.2) is 48.5 Å². The van der Waals surface area contributed by atoms with Gasteiger partial charge >= 0.3 is 6.09 Å². The molecule has 6 heteroatoms. The van der Waals surface area contributed by atoms with Crippen molar-refractivity contribution in [2.24, 2.45) is 0 Å². The third-order valence-electron chi connectivity index (χ3n) is 3.81. The first-order chi connectivity index (χ1) is 11.5. The summed E-state index contributed by atoms with van der Waals surface area (Å²) in [6.07, 6.45) is 1.49. The lowest BCUT2D eigenvalue weighted by molar-refractivity contribution is 0.172. The lowest BCUT2D eigenvalue weighted by Gasteiger charge is -2.18. The molecule has 0 aromatic heterocycles. The molecule has 0 aliphatic carbocycles. The van der Waals surface area contributed by atoms with Crippen molar-refractivity contribution in [2.45, 2.75) is 18.9 Å². The van der Waals surface area contributed by atoms with Crippen molar-refractivity contribution < 1.29 is 9.53 Å². The number of hydrogen-bond donors (Lipinski definition) is 1. The molecule has 0 bridgehead atoms. The Morgan fingerprint density at radius 3 is 2.48 bits per heavy atom. The van der Waals surface area contributed by atoms with Gasteiger partial charge in [0.1, 0.15) is 5.75 Å². The molecule has 0 heterocycles. The molecule has 0 radical (unpaired) electrons. The summed E-state index contributed by atoms with van der Waals surface area (Å²) in [4.78, 5) is 13.1. The zero-order chi connectivity index (χ0) is 17.5. The van der Waals surface area contributed by atoms with Crippen LogP contribution in [0, 0.1) is 0 Å². The van der Waals surface area contributed by atoms with Gasteiger partial charge in [-0.15, -0.1) is 12.4 Å². The summed E-state index contributed by atoms with van der Waals surface area (Å²) < 4.78 is 5.33. The van der Waals surface area contributed by atoms with Crippen LogP contribution in [-0.4, -0.2) is 32.1 Å². The summed E-state index contributed by atoms with van der Waals surface area (Å²) in [6, 6.07) is 15.7. The zero-order valence-electron chi connectivity index (χ0n) is 14.7. The summed E-state index contributed by atoms with van der Waals surface area (Å²) >= 11 is 5.92. The number of carbonyl (C=O) groups excluding carboxylic acids is 1. The molecule has 136 valence electrons. The smallest absolute Gasteiger partial charge is 0.410 e. The molecular formula is C19H24Cl2N2O2. The molecule has 0 spiro atoms. The van der Waals surface area contributed by atoms with Crippen molar-refractivity contribution in [2.75, 3.05) is 21.1 Å². The van der Waals surface area contributed by atoms with Crippen LogP contribution in [0.2, 0.25) is 5.02 Å². The first-order valence-electron chi connectivity index (χ1n) is 7.90. The fraction of sp³-hybridized carbons (Fsp3) is 0.316. The van der Waals surface area contributed by atoms with Gasteiger partial charge in [-0.2, -0.15) is 0 Å². The number of halogens is 2. The molecule has 25 heavy (non-hydrogen) atoms. The van der Waals surface area contributed by atoms with E-state index in [-0.39, 0.29) is 24.5 Å². The summed E-state index contributed by atoms with van der Waals surface area (Å²) in [5.74, 6) is 0.554. The number of amides is 1. The normalized spacial score (nSPS) is 11.4. The Kier molecular flexibility index (Phi) is 8.76. The lowest BCUT2D eigenvalue weighted by atomic mass is 9.99. The minimum Gasteiger partial charge on any atom is -0.410 e. The van der Waals surface area contributed by atoms with Gasteiger partial charge < -0.3 is 15.0 Å². The summed E-state index contributed by atoms with van der Waals surface area (Å²) in [5, 5.41) is 4.08. The third kappa shape index (κ3) is 6.58. The molecule has 1 atom stereocenters. The van der Waals surface area contributed by atoms with E-state index in [1.165, 1.54) is 10.5 Å². The predicted octanol–water partition coefficient (Wildman–Crippen LogP) is 4.72. The molecule has 2 aromatic rings. The number of ether oxygens (including phenoxy) is 1. The highest BCUT2D eigenvalue weighted by Crippen LogP contribution is 2.23.